The first kappa shape index (κ1) is 19.9. The number of rotatable bonds is 3. The monoisotopic (exact) mass is 416 g/mol. The molecule has 3 aliphatic heterocycles. The molecule has 0 fully saturated rings. The van der Waals surface area contributed by atoms with Crippen molar-refractivity contribution in [2.75, 3.05) is 0 Å². The van der Waals surface area contributed by atoms with Crippen LogP contribution >= 0.6 is 0 Å². The molecule has 2 aromatic rings. The Hall–Kier alpha value is -3.02. The van der Waals surface area contributed by atoms with E-state index in [1.54, 1.807) is 12.1 Å². The maximum absolute atomic E-state index is 11.4. The van der Waals surface area contributed by atoms with E-state index in [9.17, 15) is 4.79 Å². The molecule has 0 saturated carbocycles. The van der Waals surface area contributed by atoms with Gasteiger partial charge in [-0.25, -0.2) is 0 Å². The van der Waals surface area contributed by atoms with Gasteiger partial charge in [0.25, 0.3) is 0 Å². The van der Waals surface area contributed by atoms with Crippen LogP contribution in [0.5, 0.6) is 11.5 Å². The average molecular weight is 416 g/mol. The molecule has 1 aromatic carbocycles. The number of carbonyl (C=O) groups excluding carboxylic acids is 1. The van der Waals surface area contributed by atoms with Crippen LogP contribution in [-0.2, 0) is 6.42 Å². The summed E-state index contributed by atoms with van der Waals surface area (Å²) in [6, 6.07) is 5.41. The molecule has 0 unspecified atom stereocenters. The number of hydrogen-bond acceptors (Lipinski definition) is 3. The predicted octanol–water partition coefficient (Wildman–Crippen LogP) is 5.19. The van der Waals surface area contributed by atoms with Gasteiger partial charge < -0.3 is 18.3 Å². The SMILES string of the molecule is CCC1=C(C)C2=C(C)c3c(C)c(CC)c(C)n3[B@-]3(Oc4ccc(C=O)cc4O3)[N+]2=C1C. The first-order valence-electron chi connectivity index (χ1n) is 11.2. The van der Waals surface area contributed by atoms with Crippen LogP contribution in [0.15, 0.2) is 35.0 Å². The minimum absolute atomic E-state index is 0.582. The van der Waals surface area contributed by atoms with Gasteiger partial charge in [0.1, 0.15) is 23.5 Å². The van der Waals surface area contributed by atoms with Gasteiger partial charge in [0.15, 0.2) is 5.70 Å². The lowest BCUT2D eigenvalue weighted by Gasteiger charge is -2.38. The highest BCUT2D eigenvalue weighted by molar-refractivity contribution is 6.62. The molecule has 160 valence electrons. The van der Waals surface area contributed by atoms with E-state index in [2.05, 4.69) is 57.4 Å². The molecule has 6 heteroatoms. The second-order valence-electron chi connectivity index (χ2n) is 8.84. The lowest BCUT2D eigenvalue weighted by Crippen LogP contribution is -2.65. The molecule has 0 amide bonds. The molecule has 3 aliphatic rings. The molecular formula is C25H29BN2O3. The zero-order chi connectivity index (χ0) is 22.2. The third kappa shape index (κ3) is 2.28. The van der Waals surface area contributed by atoms with Gasteiger partial charge in [0.05, 0.1) is 0 Å². The summed E-state index contributed by atoms with van der Waals surface area (Å²) in [5.41, 5.74) is 11.8. The second kappa shape index (κ2) is 6.49. The molecule has 0 bridgehead atoms. The molecule has 1 aromatic heterocycles. The number of benzene rings is 1. The summed E-state index contributed by atoms with van der Waals surface area (Å²) in [6.07, 6.45) is 2.75. The van der Waals surface area contributed by atoms with E-state index < -0.39 is 6.82 Å². The van der Waals surface area contributed by atoms with Crippen molar-refractivity contribution in [1.29, 1.82) is 0 Å². The largest absolute Gasteiger partial charge is 0.780 e. The van der Waals surface area contributed by atoms with Crippen molar-refractivity contribution >= 4 is 24.4 Å². The van der Waals surface area contributed by atoms with E-state index in [1.807, 2.05) is 6.07 Å². The van der Waals surface area contributed by atoms with Gasteiger partial charge >= 0.3 is 6.82 Å². The normalized spacial score (nSPS) is 21.4. The van der Waals surface area contributed by atoms with Gasteiger partial charge in [0.2, 0.25) is 0 Å². The van der Waals surface area contributed by atoms with Crippen molar-refractivity contribution in [3.8, 4) is 11.5 Å². The van der Waals surface area contributed by atoms with Gasteiger partial charge in [0, 0.05) is 34.9 Å². The van der Waals surface area contributed by atoms with E-state index in [-0.39, 0.29) is 0 Å². The van der Waals surface area contributed by atoms with Gasteiger partial charge in [-0.2, -0.15) is 0 Å². The number of nitrogens with zero attached hydrogens (tertiary/aromatic N) is 2. The van der Waals surface area contributed by atoms with Crippen molar-refractivity contribution in [1.82, 2.24) is 4.48 Å². The molecule has 0 radical (unpaired) electrons. The minimum atomic E-state index is -2.09. The maximum Gasteiger partial charge on any atom is 0.780 e. The van der Waals surface area contributed by atoms with Crippen LogP contribution in [0.3, 0.4) is 0 Å². The summed E-state index contributed by atoms with van der Waals surface area (Å²) in [4.78, 5) is 11.4. The van der Waals surface area contributed by atoms with Crippen LogP contribution in [0, 0.1) is 13.8 Å². The van der Waals surface area contributed by atoms with Crippen molar-refractivity contribution in [2.45, 2.75) is 61.3 Å². The smallest absolute Gasteiger partial charge is 0.599 e. The highest BCUT2D eigenvalue weighted by Gasteiger charge is 2.63. The molecule has 5 rings (SSSR count). The Balaban J connectivity index is 1.88. The molecule has 0 aliphatic carbocycles. The van der Waals surface area contributed by atoms with Crippen molar-refractivity contribution in [2.24, 2.45) is 0 Å². The highest BCUT2D eigenvalue weighted by atomic mass is 16.7. The van der Waals surface area contributed by atoms with E-state index in [0.717, 1.165) is 19.1 Å². The Kier molecular flexibility index (Phi) is 4.17. The van der Waals surface area contributed by atoms with Crippen molar-refractivity contribution in [3.05, 3.63) is 63.1 Å². The Labute approximate surface area is 183 Å². The zero-order valence-electron chi connectivity index (χ0n) is 19.4. The van der Waals surface area contributed by atoms with E-state index in [0.29, 0.717) is 17.1 Å². The van der Waals surface area contributed by atoms with Gasteiger partial charge in [-0.1, -0.05) is 13.8 Å². The van der Waals surface area contributed by atoms with Crippen LogP contribution in [-0.4, -0.2) is 27.8 Å². The zero-order valence-corrected chi connectivity index (χ0v) is 19.4. The van der Waals surface area contributed by atoms with Crippen LogP contribution in [0.2, 0.25) is 0 Å². The molecule has 0 N–H and O–H groups in total. The average Bonchev–Trinajstić information content (AvgIpc) is 3.34. The standard InChI is InChI=1S/C25H29BN2O3/c1-8-20-14(3)24-16(5)25-15(4)21(9-2)18(7)28(25)26(27(24)17(20)6)30-22-11-10-19(13-29)12-23(22)31-26/h10-13H,8-9H2,1-7H3. The van der Waals surface area contributed by atoms with E-state index >= 15 is 0 Å². The Morgan fingerprint density at radius 3 is 2.35 bits per heavy atom. The van der Waals surface area contributed by atoms with Crippen LogP contribution < -0.4 is 9.31 Å². The molecule has 31 heavy (non-hydrogen) atoms. The third-order valence-corrected chi connectivity index (χ3v) is 7.43. The third-order valence-electron chi connectivity index (χ3n) is 7.43. The Bertz CT molecular complexity index is 1280. The fourth-order valence-corrected chi connectivity index (χ4v) is 6.18. The first-order valence-corrected chi connectivity index (χ1v) is 11.2. The van der Waals surface area contributed by atoms with Crippen LogP contribution in [0.4, 0.5) is 0 Å². The van der Waals surface area contributed by atoms with Crippen LogP contribution in [0.25, 0.3) is 5.57 Å². The molecule has 1 atom stereocenters. The summed E-state index contributed by atoms with van der Waals surface area (Å²) in [7, 11) is 0. The Morgan fingerprint density at radius 1 is 1.00 bits per heavy atom. The first-order chi connectivity index (χ1) is 14.8. The fraction of sp³-hybridized carbons (Fsp3) is 0.360. The van der Waals surface area contributed by atoms with Crippen molar-refractivity contribution in [3.63, 3.8) is 0 Å². The minimum Gasteiger partial charge on any atom is -0.599 e. The summed E-state index contributed by atoms with van der Waals surface area (Å²) in [5.74, 6) is 1.29. The summed E-state index contributed by atoms with van der Waals surface area (Å²) >= 11 is 0. The fourth-order valence-electron chi connectivity index (χ4n) is 6.18. The topological polar surface area (TPSA) is 43.5 Å². The van der Waals surface area contributed by atoms with Crippen LogP contribution in [0.1, 0.15) is 73.9 Å². The van der Waals surface area contributed by atoms with Gasteiger partial charge in [-0.15, -0.1) is 0 Å². The summed E-state index contributed by atoms with van der Waals surface area (Å²) in [6.45, 7) is 13.3. The molecule has 4 heterocycles. The number of carbonyl (C=O) groups is 1. The lowest BCUT2D eigenvalue weighted by molar-refractivity contribution is -0.369. The second-order valence-corrected chi connectivity index (χ2v) is 8.84. The number of allylic oxidation sites excluding steroid dienone is 3. The number of hydrogen-bond donors (Lipinski definition) is 0. The predicted molar refractivity (Wildman–Crippen MR) is 124 cm³/mol. The van der Waals surface area contributed by atoms with E-state index in [1.165, 1.54) is 50.6 Å². The molecule has 0 saturated heterocycles. The number of fused-ring (bicyclic) bond motifs is 5. The highest BCUT2D eigenvalue weighted by Crippen LogP contribution is 2.48. The number of aldehydes is 1. The summed E-state index contributed by atoms with van der Waals surface area (Å²) in [5, 5.41) is 0. The molecule has 1 spiro atoms. The number of aromatic nitrogens is 1. The maximum atomic E-state index is 11.4. The summed E-state index contributed by atoms with van der Waals surface area (Å²) < 4.78 is 18.1. The quantitative estimate of drug-likeness (QED) is 0.511. The van der Waals surface area contributed by atoms with Crippen molar-refractivity contribution < 1.29 is 18.6 Å². The Morgan fingerprint density at radius 2 is 1.71 bits per heavy atom. The van der Waals surface area contributed by atoms with E-state index in [4.69, 9.17) is 9.31 Å². The molecular weight excluding hydrogens is 387 g/mol. The van der Waals surface area contributed by atoms with Gasteiger partial charge in [-0.3, -0.25) is 4.79 Å². The molecule has 5 nitrogen and oxygen atoms in total. The lowest BCUT2D eigenvalue weighted by atomic mass is 9.80. The van der Waals surface area contributed by atoms with Gasteiger partial charge in [-0.05, 0) is 75.6 Å².